The van der Waals surface area contributed by atoms with Crippen LogP contribution in [0.15, 0.2) is 84.9 Å². The topological polar surface area (TPSA) is 58.9 Å². The number of hydrogen-bond donors (Lipinski definition) is 2. The van der Waals surface area contributed by atoms with Gasteiger partial charge in [0.25, 0.3) is 0 Å². The Morgan fingerprint density at radius 3 is 1.43 bits per heavy atom. The van der Waals surface area contributed by atoms with Crippen LogP contribution in [0.4, 0.5) is 0 Å². The standard InChI is InChI=1S/C33H34O4/c1-3-23-21-25(13-15-31(23)36-19-17-34)33(26-14-16-32(37-20-18-35)24(4-2)22-26)29-11-7-5-9-27(29)28-10-6-8-12-30(28)33/h5-16,21-22,34-35H,3-4,17-20H2,1-2H3. The molecule has 190 valence electrons. The summed E-state index contributed by atoms with van der Waals surface area (Å²) in [5.41, 5.74) is 9.10. The zero-order chi connectivity index (χ0) is 25.8. The van der Waals surface area contributed by atoms with Gasteiger partial charge in [0, 0.05) is 0 Å². The van der Waals surface area contributed by atoms with Crippen LogP contribution in [0, 0.1) is 0 Å². The Morgan fingerprint density at radius 2 is 1.03 bits per heavy atom. The van der Waals surface area contributed by atoms with Crippen molar-refractivity contribution < 1.29 is 19.7 Å². The molecule has 0 aromatic heterocycles. The van der Waals surface area contributed by atoms with Gasteiger partial charge in [0.05, 0.1) is 18.6 Å². The first-order chi connectivity index (χ1) is 18.2. The summed E-state index contributed by atoms with van der Waals surface area (Å²) in [5.74, 6) is 1.63. The predicted octanol–water partition coefficient (Wildman–Crippen LogP) is 5.92. The van der Waals surface area contributed by atoms with Crippen molar-refractivity contribution in [3.8, 4) is 22.6 Å². The van der Waals surface area contributed by atoms with Gasteiger partial charge in [-0.1, -0.05) is 86.6 Å². The zero-order valence-electron chi connectivity index (χ0n) is 21.5. The number of benzene rings is 4. The molecule has 0 atom stereocenters. The van der Waals surface area contributed by atoms with Crippen molar-refractivity contribution in [2.75, 3.05) is 26.4 Å². The molecule has 0 fully saturated rings. The first kappa shape index (κ1) is 25.1. The molecule has 0 bridgehead atoms. The highest BCUT2D eigenvalue weighted by molar-refractivity contribution is 5.86. The van der Waals surface area contributed by atoms with Gasteiger partial charge in [-0.05, 0) is 69.5 Å². The van der Waals surface area contributed by atoms with Crippen molar-refractivity contribution in [1.82, 2.24) is 0 Å². The van der Waals surface area contributed by atoms with Crippen LogP contribution >= 0.6 is 0 Å². The van der Waals surface area contributed by atoms with E-state index >= 15 is 0 Å². The Labute approximate surface area is 219 Å². The van der Waals surface area contributed by atoms with Crippen LogP contribution in [-0.2, 0) is 18.3 Å². The molecule has 0 radical (unpaired) electrons. The normalized spacial score (nSPS) is 13.2. The second kappa shape index (κ2) is 10.8. The molecule has 2 N–H and O–H groups in total. The summed E-state index contributed by atoms with van der Waals surface area (Å²) in [7, 11) is 0. The van der Waals surface area contributed by atoms with Gasteiger partial charge in [0.15, 0.2) is 0 Å². The summed E-state index contributed by atoms with van der Waals surface area (Å²) in [4.78, 5) is 0. The highest BCUT2D eigenvalue weighted by Crippen LogP contribution is 2.56. The van der Waals surface area contributed by atoms with E-state index in [9.17, 15) is 10.2 Å². The first-order valence-electron chi connectivity index (χ1n) is 13.1. The van der Waals surface area contributed by atoms with E-state index in [1.807, 2.05) is 0 Å². The lowest BCUT2D eigenvalue weighted by molar-refractivity contribution is 0.200. The molecule has 0 heterocycles. The minimum Gasteiger partial charge on any atom is -0.491 e. The molecule has 4 nitrogen and oxygen atoms in total. The fourth-order valence-electron chi connectivity index (χ4n) is 5.79. The lowest BCUT2D eigenvalue weighted by atomic mass is 9.67. The molecule has 0 spiro atoms. The van der Waals surface area contributed by atoms with Gasteiger partial charge in [-0.2, -0.15) is 0 Å². The molecule has 37 heavy (non-hydrogen) atoms. The van der Waals surface area contributed by atoms with Crippen molar-refractivity contribution >= 4 is 0 Å². The van der Waals surface area contributed by atoms with Crippen LogP contribution < -0.4 is 9.47 Å². The molecule has 0 aliphatic heterocycles. The summed E-state index contributed by atoms with van der Waals surface area (Å²) in [6.07, 6.45) is 1.64. The van der Waals surface area contributed by atoms with E-state index in [1.165, 1.54) is 33.4 Å². The van der Waals surface area contributed by atoms with Crippen molar-refractivity contribution in [3.05, 3.63) is 118 Å². The van der Waals surface area contributed by atoms with Gasteiger partial charge in [-0.3, -0.25) is 0 Å². The lowest BCUT2D eigenvalue weighted by Crippen LogP contribution is -2.29. The average molecular weight is 495 g/mol. The van der Waals surface area contributed by atoms with Crippen LogP contribution in [0.3, 0.4) is 0 Å². The van der Waals surface area contributed by atoms with Crippen LogP contribution in [0.2, 0.25) is 0 Å². The molecular formula is C33H34O4. The maximum Gasteiger partial charge on any atom is 0.122 e. The third-order valence-electron chi connectivity index (χ3n) is 7.40. The first-order valence-corrected chi connectivity index (χ1v) is 13.1. The number of aryl methyl sites for hydroxylation is 2. The van der Waals surface area contributed by atoms with Gasteiger partial charge in [-0.15, -0.1) is 0 Å². The summed E-state index contributed by atoms with van der Waals surface area (Å²) in [5, 5.41) is 18.6. The minimum absolute atomic E-state index is 0.0138. The molecule has 0 unspecified atom stereocenters. The Bertz CT molecular complexity index is 1280. The predicted molar refractivity (Wildman–Crippen MR) is 148 cm³/mol. The molecular weight excluding hydrogens is 460 g/mol. The van der Waals surface area contributed by atoms with E-state index < -0.39 is 5.41 Å². The quantitative estimate of drug-likeness (QED) is 0.253. The van der Waals surface area contributed by atoms with Crippen LogP contribution in [-0.4, -0.2) is 36.6 Å². The molecule has 4 aromatic carbocycles. The van der Waals surface area contributed by atoms with Crippen molar-refractivity contribution in [2.24, 2.45) is 0 Å². The van der Waals surface area contributed by atoms with Crippen molar-refractivity contribution in [3.63, 3.8) is 0 Å². The van der Waals surface area contributed by atoms with E-state index in [2.05, 4.69) is 98.8 Å². The maximum atomic E-state index is 9.30. The summed E-state index contributed by atoms with van der Waals surface area (Å²) in [6, 6.07) is 30.4. The monoisotopic (exact) mass is 494 g/mol. The van der Waals surface area contributed by atoms with Gasteiger partial charge in [0.1, 0.15) is 24.7 Å². The SMILES string of the molecule is CCc1cc(C2(c3ccc(OCCO)c(CC)c3)c3ccccc3-c3ccccc32)ccc1OCCO. The van der Waals surface area contributed by atoms with Crippen LogP contribution in [0.5, 0.6) is 11.5 Å². The fraction of sp³-hybridized carbons (Fsp3) is 0.273. The summed E-state index contributed by atoms with van der Waals surface area (Å²) in [6.45, 7) is 4.80. The highest BCUT2D eigenvalue weighted by Gasteiger charge is 2.46. The molecule has 4 heteroatoms. The Morgan fingerprint density at radius 1 is 0.595 bits per heavy atom. The van der Waals surface area contributed by atoms with E-state index in [1.54, 1.807) is 0 Å². The van der Waals surface area contributed by atoms with Crippen molar-refractivity contribution in [2.45, 2.75) is 32.1 Å². The molecule has 1 aliphatic rings. The van der Waals surface area contributed by atoms with Gasteiger partial charge < -0.3 is 19.7 Å². The molecule has 1 aliphatic carbocycles. The maximum absolute atomic E-state index is 9.30. The molecule has 0 amide bonds. The molecule has 5 rings (SSSR count). The molecule has 4 aromatic rings. The largest absolute Gasteiger partial charge is 0.491 e. The highest BCUT2D eigenvalue weighted by atomic mass is 16.5. The number of hydrogen-bond acceptors (Lipinski definition) is 4. The fourth-order valence-corrected chi connectivity index (χ4v) is 5.79. The Balaban J connectivity index is 1.81. The lowest BCUT2D eigenvalue weighted by Gasteiger charge is -2.35. The molecule has 0 saturated carbocycles. The van der Waals surface area contributed by atoms with E-state index in [4.69, 9.17) is 9.47 Å². The smallest absolute Gasteiger partial charge is 0.122 e. The second-order valence-corrected chi connectivity index (χ2v) is 9.34. The number of aliphatic hydroxyl groups excluding tert-OH is 2. The zero-order valence-corrected chi connectivity index (χ0v) is 21.5. The number of rotatable bonds is 10. The van der Waals surface area contributed by atoms with E-state index in [-0.39, 0.29) is 26.4 Å². The van der Waals surface area contributed by atoms with Crippen LogP contribution in [0.1, 0.15) is 47.2 Å². The molecule has 0 saturated heterocycles. The van der Waals surface area contributed by atoms with Gasteiger partial charge in [0.2, 0.25) is 0 Å². The Kier molecular flexibility index (Phi) is 7.31. The third kappa shape index (κ3) is 4.20. The van der Waals surface area contributed by atoms with Crippen LogP contribution in [0.25, 0.3) is 11.1 Å². The summed E-state index contributed by atoms with van der Waals surface area (Å²) >= 11 is 0. The van der Waals surface area contributed by atoms with Crippen molar-refractivity contribution in [1.29, 1.82) is 0 Å². The number of ether oxygens (including phenoxy) is 2. The Hall–Kier alpha value is -3.60. The number of fused-ring (bicyclic) bond motifs is 3. The van der Waals surface area contributed by atoms with E-state index in [0.29, 0.717) is 0 Å². The third-order valence-corrected chi connectivity index (χ3v) is 7.40. The summed E-state index contributed by atoms with van der Waals surface area (Å²) < 4.78 is 11.8. The second-order valence-electron chi connectivity index (χ2n) is 9.34. The van der Waals surface area contributed by atoms with E-state index in [0.717, 1.165) is 35.5 Å². The minimum atomic E-state index is -0.508. The number of aliphatic hydroxyl groups is 2. The van der Waals surface area contributed by atoms with Gasteiger partial charge in [-0.25, -0.2) is 0 Å². The average Bonchev–Trinajstić information content (AvgIpc) is 3.26. The van der Waals surface area contributed by atoms with Gasteiger partial charge >= 0.3 is 0 Å².